The van der Waals surface area contributed by atoms with Gasteiger partial charge < -0.3 is 9.80 Å². The summed E-state index contributed by atoms with van der Waals surface area (Å²) in [6.07, 6.45) is 2.80. The maximum Gasteiger partial charge on any atom is 0.250 e. The second-order valence-electron chi connectivity index (χ2n) is 8.11. The summed E-state index contributed by atoms with van der Waals surface area (Å²) in [6.45, 7) is 8.38. The highest BCUT2D eigenvalue weighted by Crippen LogP contribution is 2.38. The number of nitrogens with zero attached hydrogens (tertiary/aromatic N) is 3. The van der Waals surface area contributed by atoms with E-state index in [2.05, 4.69) is 24.8 Å². The van der Waals surface area contributed by atoms with Crippen molar-refractivity contribution in [1.82, 2.24) is 14.7 Å². The lowest BCUT2D eigenvalue weighted by Crippen LogP contribution is -2.55. The fraction of sp³-hybridized carbons (Fsp3) is 0.619. The molecule has 2 aliphatic heterocycles. The van der Waals surface area contributed by atoms with Crippen molar-refractivity contribution in [3.8, 4) is 0 Å². The zero-order chi connectivity index (χ0) is 18.3. The molecule has 5 heteroatoms. The Balaban J connectivity index is 1.58. The molecule has 0 N–H and O–H groups in total. The topological polar surface area (TPSA) is 43.9 Å². The Hall–Kier alpha value is -1.88. The number of fused-ring (bicyclic) bond motifs is 1. The van der Waals surface area contributed by atoms with Gasteiger partial charge in [0.25, 0.3) is 0 Å². The summed E-state index contributed by atoms with van der Waals surface area (Å²) in [5.41, 5.74) is 2.25. The lowest BCUT2D eigenvalue weighted by Gasteiger charge is -2.42. The quantitative estimate of drug-likeness (QED) is 0.834. The van der Waals surface area contributed by atoms with Crippen LogP contribution in [0.15, 0.2) is 24.3 Å². The second-order valence-corrected chi connectivity index (χ2v) is 8.11. The number of amides is 2. The van der Waals surface area contributed by atoms with Crippen LogP contribution in [0.5, 0.6) is 0 Å². The average molecular weight is 355 g/mol. The Morgan fingerprint density at radius 3 is 2.31 bits per heavy atom. The third-order valence-electron chi connectivity index (χ3n) is 6.08. The summed E-state index contributed by atoms with van der Waals surface area (Å²) < 4.78 is 0. The highest BCUT2D eigenvalue weighted by atomic mass is 16.2. The van der Waals surface area contributed by atoms with Gasteiger partial charge in [-0.25, -0.2) is 0 Å². The van der Waals surface area contributed by atoms with Crippen LogP contribution in [0.4, 0.5) is 0 Å². The molecule has 4 rings (SSSR count). The number of piperazine rings is 1. The fourth-order valence-electron chi connectivity index (χ4n) is 4.27. The Kier molecular flexibility index (Phi) is 4.74. The molecule has 2 amide bonds. The molecule has 1 aliphatic carbocycles. The van der Waals surface area contributed by atoms with Gasteiger partial charge in [0.05, 0.1) is 0 Å². The first-order valence-corrected chi connectivity index (χ1v) is 9.97. The molecule has 1 saturated heterocycles. The van der Waals surface area contributed by atoms with E-state index in [4.69, 9.17) is 0 Å². The molecular formula is C21H29N3O2. The molecule has 0 bridgehead atoms. The Labute approximate surface area is 155 Å². The van der Waals surface area contributed by atoms with Crippen molar-refractivity contribution in [2.45, 2.75) is 45.2 Å². The molecule has 3 aliphatic rings. The van der Waals surface area contributed by atoms with Crippen LogP contribution in [0.3, 0.4) is 0 Å². The maximum atomic E-state index is 13.5. The highest BCUT2D eigenvalue weighted by Gasteiger charge is 2.43. The monoisotopic (exact) mass is 355 g/mol. The van der Waals surface area contributed by atoms with Crippen molar-refractivity contribution in [2.75, 3.05) is 32.7 Å². The first-order chi connectivity index (χ1) is 12.6. The summed E-state index contributed by atoms with van der Waals surface area (Å²) in [4.78, 5) is 32.6. The second kappa shape index (κ2) is 7.03. The molecule has 140 valence electrons. The SMILES string of the molecule is CC(C)N1CCN(C(=O)C2c3ccccc3CCN2C(=O)C2CC2)CC1. The number of benzene rings is 1. The van der Waals surface area contributed by atoms with Gasteiger partial charge in [-0.3, -0.25) is 14.5 Å². The average Bonchev–Trinajstić information content (AvgIpc) is 3.51. The van der Waals surface area contributed by atoms with E-state index in [1.807, 2.05) is 28.0 Å². The van der Waals surface area contributed by atoms with E-state index in [-0.39, 0.29) is 17.7 Å². The molecule has 0 radical (unpaired) electrons. The molecule has 1 aromatic carbocycles. The summed E-state index contributed by atoms with van der Waals surface area (Å²) in [7, 11) is 0. The van der Waals surface area contributed by atoms with Gasteiger partial charge >= 0.3 is 0 Å². The van der Waals surface area contributed by atoms with Gasteiger partial charge in [0.2, 0.25) is 11.8 Å². The molecular weight excluding hydrogens is 326 g/mol. The van der Waals surface area contributed by atoms with Crippen LogP contribution in [-0.4, -0.2) is 65.3 Å². The molecule has 0 spiro atoms. The molecule has 1 aromatic rings. The first-order valence-electron chi connectivity index (χ1n) is 9.97. The molecule has 5 nitrogen and oxygen atoms in total. The van der Waals surface area contributed by atoms with E-state index in [0.29, 0.717) is 12.6 Å². The smallest absolute Gasteiger partial charge is 0.250 e. The van der Waals surface area contributed by atoms with Crippen molar-refractivity contribution in [3.05, 3.63) is 35.4 Å². The molecule has 1 atom stereocenters. The van der Waals surface area contributed by atoms with Crippen LogP contribution in [0.2, 0.25) is 0 Å². The number of rotatable bonds is 3. The maximum absolute atomic E-state index is 13.5. The van der Waals surface area contributed by atoms with Crippen LogP contribution in [0.1, 0.15) is 43.9 Å². The number of hydrogen-bond donors (Lipinski definition) is 0. The minimum atomic E-state index is -0.432. The van der Waals surface area contributed by atoms with Gasteiger partial charge in [-0.05, 0) is 44.2 Å². The van der Waals surface area contributed by atoms with Crippen molar-refractivity contribution >= 4 is 11.8 Å². The van der Waals surface area contributed by atoms with E-state index in [1.54, 1.807) is 0 Å². The lowest BCUT2D eigenvalue weighted by molar-refractivity contribution is -0.148. The number of carbonyl (C=O) groups is 2. The zero-order valence-corrected chi connectivity index (χ0v) is 15.9. The minimum Gasteiger partial charge on any atom is -0.338 e. The summed E-state index contributed by atoms with van der Waals surface area (Å²) in [6, 6.07) is 8.23. The Bertz CT molecular complexity index is 690. The van der Waals surface area contributed by atoms with Gasteiger partial charge in [0.15, 0.2) is 0 Å². The molecule has 2 heterocycles. The van der Waals surface area contributed by atoms with Crippen LogP contribution in [0, 0.1) is 5.92 Å². The normalized spacial score (nSPS) is 23.9. The molecule has 2 fully saturated rings. The summed E-state index contributed by atoms with van der Waals surface area (Å²) >= 11 is 0. The first kappa shape index (κ1) is 17.5. The number of carbonyl (C=O) groups excluding carboxylic acids is 2. The predicted octanol–water partition coefficient (Wildman–Crippen LogP) is 2.08. The Morgan fingerprint density at radius 2 is 1.65 bits per heavy atom. The van der Waals surface area contributed by atoms with Crippen molar-refractivity contribution < 1.29 is 9.59 Å². The third kappa shape index (κ3) is 3.25. The van der Waals surface area contributed by atoms with E-state index in [1.165, 1.54) is 5.56 Å². The van der Waals surface area contributed by atoms with Gasteiger partial charge in [-0.1, -0.05) is 24.3 Å². The Morgan fingerprint density at radius 1 is 0.962 bits per heavy atom. The van der Waals surface area contributed by atoms with Gasteiger partial charge in [0.1, 0.15) is 6.04 Å². The minimum absolute atomic E-state index is 0.106. The van der Waals surface area contributed by atoms with Crippen molar-refractivity contribution in [2.24, 2.45) is 5.92 Å². The predicted molar refractivity (Wildman–Crippen MR) is 101 cm³/mol. The molecule has 0 aromatic heterocycles. The number of hydrogen-bond acceptors (Lipinski definition) is 3. The molecule has 1 saturated carbocycles. The van der Waals surface area contributed by atoms with Crippen LogP contribution in [-0.2, 0) is 16.0 Å². The molecule has 26 heavy (non-hydrogen) atoms. The van der Waals surface area contributed by atoms with Gasteiger partial charge in [0, 0.05) is 44.7 Å². The lowest BCUT2D eigenvalue weighted by atomic mass is 9.91. The highest BCUT2D eigenvalue weighted by molar-refractivity contribution is 5.91. The van der Waals surface area contributed by atoms with Crippen LogP contribution in [0.25, 0.3) is 0 Å². The zero-order valence-electron chi connectivity index (χ0n) is 15.9. The van der Waals surface area contributed by atoms with E-state index in [9.17, 15) is 9.59 Å². The van der Waals surface area contributed by atoms with E-state index in [0.717, 1.165) is 51.0 Å². The summed E-state index contributed by atoms with van der Waals surface area (Å²) in [5, 5.41) is 0. The van der Waals surface area contributed by atoms with E-state index < -0.39 is 6.04 Å². The van der Waals surface area contributed by atoms with Crippen molar-refractivity contribution in [3.63, 3.8) is 0 Å². The van der Waals surface area contributed by atoms with Gasteiger partial charge in [-0.2, -0.15) is 0 Å². The molecule has 1 unspecified atom stereocenters. The van der Waals surface area contributed by atoms with E-state index >= 15 is 0 Å². The van der Waals surface area contributed by atoms with Crippen molar-refractivity contribution in [1.29, 1.82) is 0 Å². The van der Waals surface area contributed by atoms with Crippen LogP contribution >= 0.6 is 0 Å². The third-order valence-corrected chi connectivity index (χ3v) is 6.08. The fourth-order valence-corrected chi connectivity index (χ4v) is 4.27. The summed E-state index contributed by atoms with van der Waals surface area (Å²) in [5.74, 6) is 0.432. The standard InChI is InChI=1S/C21H29N3O2/c1-15(2)22-11-13-23(14-12-22)21(26)19-18-6-4-3-5-16(18)9-10-24(19)20(25)17-7-8-17/h3-6,15,17,19H,7-14H2,1-2H3. The van der Waals surface area contributed by atoms with Gasteiger partial charge in [-0.15, -0.1) is 0 Å². The van der Waals surface area contributed by atoms with Crippen LogP contribution < -0.4 is 0 Å². The largest absolute Gasteiger partial charge is 0.338 e.